The summed E-state index contributed by atoms with van der Waals surface area (Å²) >= 11 is 1.79. The fourth-order valence-electron chi connectivity index (χ4n) is 1.12. The van der Waals surface area contributed by atoms with E-state index >= 15 is 0 Å². The minimum absolute atomic E-state index is 0.0772. The summed E-state index contributed by atoms with van der Waals surface area (Å²) in [6.45, 7) is 2.28. The van der Waals surface area contributed by atoms with Crippen molar-refractivity contribution in [2.45, 2.75) is 37.8 Å². The van der Waals surface area contributed by atoms with Crippen molar-refractivity contribution in [2.24, 2.45) is 0 Å². The summed E-state index contributed by atoms with van der Waals surface area (Å²) in [4.78, 5) is 4.25. The van der Waals surface area contributed by atoms with Crippen LogP contribution in [0.2, 0.25) is 0 Å². The van der Waals surface area contributed by atoms with Gasteiger partial charge in [-0.2, -0.15) is 0 Å². The Labute approximate surface area is 89.8 Å². The number of hydrogen-bond acceptors (Lipinski definition) is 3. The fraction of sp³-hybridized carbons (Fsp3) is 0.545. The van der Waals surface area contributed by atoms with Crippen LogP contribution in [0.1, 0.15) is 31.7 Å². The Morgan fingerprint density at radius 2 is 2.21 bits per heavy atom. The highest BCUT2D eigenvalue weighted by atomic mass is 32.2. The van der Waals surface area contributed by atoms with Crippen LogP contribution in [-0.2, 0) is 6.61 Å². The van der Waals surface area contributed by atoms with Crippen LogP contribution in [0.5, 0.6) is 0 Å². The third-order valence-electron chi connectivity index (χ3n) is 1.98. The van der Waals surface area contributed by atoms with E-state index in [0.717, 1.165) is 16.3 Å². The highest BCUT2D eigenvalue weighted by molar-refractivity contribution is 7.99. The number of nitrogens with zero attached hydrogens (tertiary/aromatic N) is 1. The van der Waals surface area contributed by atoms with Crippen LogP contribution in [0.3, 0.4) is 0 Å². The molecule has 0 unspecified atom stereocenters. The van der Waals surface area contributed by atoms with Crippen molar-refractivity contribution < 1.29 is 5.11 Å². The first-order valence-electron chi connectivity index (χ1n) is 5.05. The molecule has 1 aromatic rings. The smallest absolute Gasteiger partial charge is 0.0960 e. The van der Waals surface area contributed by atoms with Crippen LogP contribution in [0.15, 0.2) is 23.4 Å². The zero-order chi connectivity index (χ0) is 10.2. The summed E-state index contributed by atoms with van der Waals surface area (Å²) in [5.74, 6) is 1.14. The van der Waals surface area contributed by atoms with Gasteiger partial charge in [-0.1, -0.05) is 25.8 Å². The van der Waals surface area contributed by atoms with E-state index < -0.39 is 0 Å². The summed E-state index contributed by atoms with van der Waals surface area (Å²) in [7, 11) is 0. The van der Waals surface area contributed by atoms with Crippen molar-refractivity contribution in [2.75, 3.05) is 5.75 Å². The molecule has 0 aliphatic carbocycles. The number of aromatic nitrogens is 1. The first-order chi connectivity index (χ1) is 6.86. The Balaban J connectivity index is 2.29. The average molecular weight is 211 g/mol. The lowest BCUT2D eigenvalue weighted by molar-refractivity contribution is 0.281. The van der Waals surface area contributed by atoms with Crippen LogP contribution in [-0.4, -0.2) is 15.8 Å². The van der Waals surface area contributed by atoms with Crippen molar-refractivity contribution in [3.05, 3.63) is 23.9 Å². The highest BCUT2D eigenvalue weighted by Crippen LogP contribution is 2.17. The topological polar surface area (TPSA) is 33.1 Å². The van der Waals surface area contributed by atoms with Gasteiger partial charge in [0.2, 0.25) is 0 Å². The SMILES string of the molecule is CCCCCSc1ccc(CO)cn1. The molecule has 0 aliphatic heterocycles. The second-order valence-electron chi connectivity index (χ2n) is 3.22. The molecule has 2 nitrogen and oxygen atoms in total. The molecule has 1 heterocycles. The van der Waals surface area contributed by atoms with Crippen molar-refractivity contribution in [1.29, 1.82) is 0 Å². The Kier molecular flexibility index (Phi) is 5.64. The molecule has 1 aromatic heterocycles. The third-order valence-corrected chi connectivity index (χ3v) is 3.01. The predicted molar refractivity (Wildman–Crippen MR) is 60.4 cm³/mol. The van der Waals surface area contributed by atoms with E-state index in [1.54, 1.807) is 18.0 Å². The molecule has 0 saturated carbocycles. The zero-order valence-electron chi connectivity index (χ0n) is 8.57. The Bertz CT molecular complexity index is 248. The molecule has 0 fully saturated rings. The van der Waals surface area contributed by atoms with Gasteiger partial charge >= 0.3 is 0 Å². The highest BCUT2D eigenvalue weighted by Gasteiger charge is 1.95. The van der Waals surface area contributed by atoms with Gasteiger partial charge in [0.1, 0.15) is 0 Å². The van der Waals surface area contributed by atoms with Gasteiger partial charge in [0.05, 0.1) is 11.6 Å². The first-order valence-corrected chi connectivity index (χ1v) is 6.04. The molecule has 0 aliphatic rings. The zero-order valence-corrected chi connectivity index (χ0v) is 9.39. The predicted octanol–water partition coefficient (Wildman–Crippen LogP) is 2.86. The quantitative estimate of drug-likeness (QED) is 0.580. The molecule has 0 aromatic carbocycles. The molecule has 0 radical (unpaired) electrons. The van der Waals surface area contributed by atoms with E-state index in [4.69, 9.17) is 5.11 Å². The number of unbranched alkanes of at least 4 members (excludes halogenated alkanes) is 2. The van der Waals surface area contributed by atoms with Crippen molar-refractivity contribution >= 4 is 11.8 Å². The lowest BCUT2D eigenvalue weighted by Gasteiger charge is -2.00. The molecule has 78 valence electrons. The number of hydrogen-bond donors (Lipinski definition) is 1. The van der Waals surface area contributed by atoms with Crippen LogP contribution in [0, 0.1) is 0 Å². The van der Waals surface area contributed by atoms with E-state index in [0.29, 0.717) is 0 Å². The lowest BCUT2D eigenvalue weighted by Crippen LogP contribution is -1.87. The van der Waals surface area contributed by atoms with Crippen LogP contribution in [0.4, 0.5) is 0 Å². The normalized spacial score (nSPS) is 10.4. The van der Waals surface area contributed by atoms with Gasteiger partial charge in [-0.15, -0.1) is 11.8 Å². The summed E-state index contributed by atoms with van der Waals surface area (Å²) in [5.41, 5.74) is 0.878. The number of rotatable bonds is 6. The standard InChI is InChI=1S/C11H17NOS/c1-2-3-4-7-14-11-6-5-10(9-13)8-12-11/h5-6,8,13H,2-4,7,9H2,1H3. The van der Waals surface area contributed by atoms with E-state index in [1.165, 1.54) is 19.3 Å². The molecule has 0 spiro atoms. The van der Waals surface area contributed by atoms with Crippen molar-refractivity contribution in [3.8, 4) is 0 Å². The number of aliphatic hydroxyl groups is 1. The maximum absolute atomic E-state index is 8.83. The number of pyridine rings is 1. The maximum atomic E-state index is 8.83. The van der Waals surface area contributed by atoms with Crippen molar-refractivity contribution in [3.63, 3.8) is 0 Å². The summed E-state index contributed by atoms with van der Waals surface area (Å²) in [6, 6.07) is 3.90. The van der Waals surface area contributed by atoms with Crippen LogP contribution in [0.25, 0.3) is 0 Å². The minimum Gasteiger partial charge on any atom is -0.392 e. The molecule has 0 amide bonds. The number of thioether (sulfide) groups is 1. The van der Waals surface area contributed by atoms with Crippen LogP contribution < -0.4 is 0 Å². The van der Waals surface area contributed by atoms with E-state index in [2.05, 4.69) is 11.9 Å². The third kappa shape index (κ3) is 4.11. The van der Waals surface area contributed by atoms with Gasteiger partial charge in [0, 0.05) is 6.20 Å². The van der Waals surface area contributed by atoms with Gasteiger partial charge in [-0.25, -0.2) is 4.98 Å². The molecule has 1 N–H and O–H groups in total. The molecular weight excluding hydrogens is 194 g/mol. The largest absolute Gasteiger partial charge is 0.392 e. The minimum atomic E-state index is 0.0772. The fourth-order valence-corrected chi connectivity index (χ4v) is 1.97. The van der Waals surface area contributed by atoms with E-state index in [9.17, 15) is 0 Å². The number of aliphatic hydroxyl groups excluding tert-OH is 1. The van der Waals surface area contributed by atoms with Gasteiger partial charge in [0.15, 0.2) is 0 Å². The second-order valence-corrected chi connectivity index (χ2v) is 4.33. The summed E-state index contributed by atoms with van der Waals surface area (Å²) < 4.78 is 0. The average Bonchev–Trinajstić information content (AvgIpc) is 2.25. The van der Waals surface area contributed by atoms with Gasteiger partial charge in [0.25, 0.3) is 0 Å². The van der Waals surface area contributed by atoms with Crippen LogP contribution >= 0.6 is 11.8 Å². The Morgan fingerprint density at radius 3 is 2.79 bits per heavy atom. The maximum Gasteiger partial charge on any atom is 0.0960 e. The van der Waals surface area contributed by atoms with Gasteiger partial charge < -0.3 is 5.11 Å². The summed E-state index contributed by atoms with van der Waals surface area (Å²) in [5, 5.41) is 9.88. The van der Waals surface area contributed by atoms with Gasteiger partial charge in [-0.3, -0.25) is 0 Å². The molecule has 0 atom stereocenters. The monoisotopic (exact) mass is 211 g/mol. The van der Waals surface area contributed by atoms with Gasteiger partial charge in [-0.05, 0) is 23.8 Å². The molecule has 0 bridgehead atoms. The molecule has 14 heavy (non-hydrogen) atoms. The second kappa shape index (κ2) is 6.85. The molecule has 0 saturated heterocycles. The Hall–Kier alpha value is -0.540. The van der Waals surface area contributed by atoms with E-state index in [1.807, 2.05) is 12.1 Å². The van der Waals surface area contributed by atoms with E-state index in [-0.39, 0.29) is 6.61 Å². The summed E-state index contributed by atoms with van der Waals surface area (Å²) in [6.07, 6.45) is 5.55. The lowest BCUT2D eigenvalue weighted by atomic mass is 10.3. The van der Waals surface area contributed by atoms with Crippen molar-refractivity contribution in [1.82, 2.24) is 4.98 Å². The molecule has 1 rings (SSSR count). The molecule has 3 heteroatoms. The first kappa shape index (κ1) is 11.5. The molecular formula is C11H17NOS. The Morgan fingerprint density at radius 1 is 1.36 bits per heavy atom.